The van der Waals surface area contributed by atoms with Crippen molar-refractivity contribution in [3.63, 3.8) is 0 Å². The van der Waals surface area contributed by atoms with Crippen LogP contribution in [0.2, 0.25) is 0 Å². The molecule has 7 heteroatoms. The fraction of sp³-hybridized carbons (Fsp3) is 0.471. The van der Waals surface area contributed by atoms with Gasteiger partial charge in [-0.3, -0.25) is 4.79 Å². The number of likely N-dealkylation sites (N-methyl/N-ethyl adjacent to an activating group) is 1. The third-order valence-electron chi connectivity index (χ3n) is 3.79. The van der Waals surface area contributed by atoms with Crippen LogP contribution in [0.25, 0.3) is 0 Å². The lowest BCUT2D eigenvalue weighted by molar-refractivity contribution is 0.0914. The number of halogens is 1. The summed E-state index contributed by atoms with van der Waals surface area (Å²) in [5, 5.41) is 9.96. The van der Waals surface area contributed by atoms with Crippen molar-refractivity contribution in [2.24, 2.45) is 5.92 Å². The van der Waals surface area contributed by atoms with Crippen LogP contribution in [0, 0.1) is 11.7 Å². The Morgan fingerprint density at radius 3 is 2.50 bits per heavy atom. The first-order chi connectivity index (χ1) is 11.4. The van der Waals surface area contributed by atoms with Gasteiger partial charge in [-0.2, -0.15) is 4.98 Å². The van der Waals surface area contributed by atoms with E-state index in [0.717, 1.165) is 0 Å². The summed E-state index contributed by atoms with van der Waals surface area (Å²) in [6, 6.07) is 5.20. The highest BCUT2D eigenvalue weighted by Crippen LogP contribution is 2.21. The molecule has 0 radical (unpaired) electrons. The number of amides is 1. The summed E-state index contributed by atoms with van der Waals surface area (Å²) < 4.78 is 18.3. The topological polar surface area (TPSA) is 80.0 Å². The van der Waals surface area contributed by atoms with E-state index in [0.29, 0.717) is 23.7 Å². The van der Waals surface area contributed by atoms with E-state index in [1.54, 1.807) is 0 Å². The zero-order valence-corrected chi connectivity index (χ0v) is 14.3. The van der Waals surface area contributed by atoms with Gasteiger partial charge < -0.3 is 15.2 Å². The number of rotatable bonds is 7. The molecule has 0 aliphatic rings. The number of nitrogens with zero attached hydrogens (tertiary/aromatic N) is 2. The Morgan fingerprint density at radius 1 is 1.25 bits per heavy atom. The summed E-state index contributed by atoms with van der Waals surface area (Å²) in [5.41, 5.74) is 0.380. The van der Waals surface area contributed by atoms with Gasteiger partial charge in [0.15, 0.2) is 5.82 Å². The molecule has 24 heavy (non-hydrogen) atoms. The van der Waals surface area contributed by atoms with E-state index in [9.17, 15) is 9.18 Å². The van der Waals surface area contributed by atoms with E-state index in [1.165, 1.54) is 24.3 Å². The van der Waals surface area contributed by atoms with Crippen LogP contribution in [0.5, 0.6) is 0 Å². The Bertz CT molecular complexity index is 669. The van der Waals surface area contributed by atoms with Crippen molar-refractivity contribution in [1.29, 1.82) is 0 Å². The average molecular weight is 334 g/mol. The summed E-state index contributed by atoms with van der Waals surface area (Å²) in [6.45, 7) is 5.93. The zero-order chi connectivity index (χ0) is 17.7. The highest BCUT2D eigenvalue weighted by atomic mass is 19.1. The smallest absolute Gasteiger partial charge is 0.251 e. The molecule has 0 spiro atoms. The quantitative estimate of drug-likeness (QED) is 0.813. The van der Waals surface area contributed by atoms with Crippen LogP contribution >= 0.6 is 0 Å². The fourth-order valence-corrected chi connectivity index (χ4v) is 2.19. The third-order valence-corrected chi connectivity index (χ3v) is 3.79. The van der Waals surface area contributed by atoms with Crippen LogP contribution in [0.15, 0.2) is 28.8 Å². The monoisotopic (exact) mass is 334 g/mol. The first kappa shape index (κ1) is 18.1. The lowest BCUT2D eigenvalue weighted by Crippen LogP contribution is -2.32. The van der Waals surface area contributed by atoms with Crippen LogP contribution in [0.4, 0.5) is 4.39 Å². The maximum absolute atomic E-state index is 13.0. The Morgan fingerprint density at radius 2 is 1.92 bits per heavy atom. The molecule has 0 bridgehead atoms. The van der Waals surface area contributed by atoms with E-state index in [-0.39, 0.29) is 23.7 Å². The molecule has 0 aliphatic carbocycles. The summed E-state index contributed by atoms with van der Waals surface area (Å²) in [6.07, 6.45) is 0.636. The molecular formula is C17H23FN4O2. The average Bonchev–Trinajstić information content (AvgIpc) is 3.00. The van der Waals surface area contributed by atoms with Gasteiger partial charge in [-0.25, -0.2) is 4.39 Å². The zero-order valence-electron chi connectivity index (χ0n) is 14.3. The Kier molecular flexibility index (Phi) is 6.03. The highest BCUT2D eigenvalue weighted by molar-refractivity contribution is 5.94. The second-order valence-electron chi connectivity index (χ2n) is 6.14. The molecule has 2 rings (SSSR count). The molecule has 1 amide bonds. The minimum atomic E-state index is -0.409. The molecule has 6 nitrogen and oxygen atoms in total. The molecule has 2 aromatic rings. The predicted octanol–water partition coefficient (Wildman–Crippen LogP) is 2.49. The summed E-state index contributed by atoms with van der Waals surface area (Å²) in [7, 11) is 1.87. The van der Waals surface area contributed by atoms with E-state index >= 15 is 0 Å². The van der Waals surface area contributed by atoms with Crippen LogP contribution in [0.1, 0.15) is 48.9 Å². The second kappa shape index (κ2) is 8.01. The van der Waals surface area contributed by atoms with E-state index in [4.69, 9.17) is 4.52 Å². The number of hydrogen-bond donors (Lipinski definition) is 2. The van der Waals surface area contributed by atoms with Crippen molar-refractivity contribution < 1.29 is 13.7 Å². The third kappa shape index (κ3) is 4.61. The Balaban J connectivity index is 2.12. The highest BCUT2D eigenvalue weighted by Gasteiger charge is 2.25. The number of carbonyl (C=O) groups excluding carboxylic acids is 1. The van der Waals surface area contributed by atoms with Gasteiger partial charge in [0.1, 0.15) is 11.9 Å². The predicted molar refractivity (Wildman–Crippen MR) is 88.0 cm³/mol. The second-order valence-corrected chi connectivity index (χ2v) is 6.14. The Hall–Kier alpha value is -2.28. The van der Waals surface area contributed by atoms with E-state index in [1.807, 2.05) is 27.8 Å². The molecule has 2 unspecified atom stereocenters. The van der Waals surface area contributed by atoms with Crippen molar-refractivity contribution >= 4 is 5.91 Å². The standard InChI is InChI=1S/C17H23FN4O2/c1-10(2)15(17-20-14(22-24-17)9-11(3)19-4)21-16(23)12-5-7-13(18)8-6-12/h5-8,10-11,15,19H,9H2,1-4H3,(H,21,23). The van der Waals surface area contributed by atoms with E-state index in [2.05, 4.69) is 20.8 Å². The maximum Gasteiger partial charge on any atom is 0.251 e. The van der Waals surface area contributed by atoms with Gasteiger partial charge in [-0.15, -0.1) is 0 Å². The molecule has 0 saturated carbocycles. The summed E-state index contributed by atoms with van der Waals surface area (Å²) in [4.78, 5) is 16.7. The number of benzene rings is 1. The van der Waals surface area contributed by atoms with Gasteiger partial charge in [0, 0.05) is 18.0 Å². The first-order valence-electron chi connectivity index (χ1n) is 7.97. The van der Waals surface area contributed by atoms with E-state index < -0.39 is 6.04 Å². The number of hydrogen-bond acceptors (Lipinski definition) is 5. The summed E-state index contributed by atoms with van der Waals surface area (Å²) in [5.74, 6) is 0.334. The molecule has 2 N–H and O–H groups in total. The van der Waals surface area contributed by atoms with Crippen molar-refractivity contribution in [2.75, 3.05) is 7.05 Å². The molecule has 2 atom stereocenters. The normalized spacial score (nSPS) is 13.8. The molecule has 130 valence electrons. The van der Waals surface area contributed by atoms with Crippen molar-refractivity contribution in [2.45, 2.75) is 39.3 Å². The number of carbonyl (C=O) groups is 1. The molecule has 1 aromatic heterocycles. The maximum atomic E-state index is 13.0. The van der Waals surface area contributed by atoms with Gasteiger partial charge in [-0.1, -0.05) is 19.0 Å². The van der Waals surface area contributed by atoms with Gasteiger partial charge in [0.25, 0.3) is 5.91 Å². The molecule has 1 heterocycles. The first-order valence-corrected chi connectivity index (χ1v) is 7.97. The van der Waals surface area contributed by atoms with Crippen molar-refractivity contribution in [1.82, 2.24) is 20.8 Å². The SMILES string of the molecule is CNC(C)Cc1noc(C(NC(=O)c2ccc(F)cc2)C(C)C)n1. The van der Waals surface area contributed by atoms with Gasteiger partial charge in [0.05, 0.1) is 0 Å². The van der Waals surface area contributed by atoms with Crippen LogP contribution in [0.3, 0.4) is 0 Å². The largest absolute Gasteiger partial charge is 0.340 e. The fourth-order valence-electron chi connectivity index (χ4n) is 2.19. The molecule has 0 saturated heterocycles. The molecule has 0 aliphatic heterocycles. The minimum absolute atomic E-state index is 0.0596. The molecule has 0 fully saturated rings. The van der Waals surface area contributed by atoms with Gasteiger partial charge in [0.2, 0.25) is 5.89 Å². The lowest BCUT2D eigenvalue weighted by atomic mass is 10.0. The number of aromatic nitrogens is 2. The van der Waals surface area contributed by atoms with Crippen LogP contribution in [-0.2, 0) is 6.42 Å². The minimum Gasteiger partial charge on any atom is -0.340 e. The number of nitrogens with one attached hydrogen (secondary N) is 2. The van der Waals surface area contributed by atoms with Gasteiger partial charge in [-0.05, 0) is 44.2 Å². The van der Waals surface area contributed by atoms with Crippen LogP contribution in [-0.4, -0.2) is 29.1 Å². The Labute approximate surface area is 140 Å². The summed E-state index contributed by atoms with van der Waals surface area (Å²) >= 11 is 0. The molecule has 1 aromatic carbocycles. The van der Waals surface area contributed by atoms with Crippen molar-refractivity contribution in [3.05, 3.63) is 47.4 Å². The lowest BCUT2D eigenvalue weighted by Gasteiger charge is -2.18. The van der Waals surface area contributed by atoms with Gasteiger partial charge >= 0.3 is 0 Å². The van der Waals surface area contributed by atoms with Crippen molar-refractivity contribution in [3.8, 4) is 0 Å². The molecular weight excluding hydrogens is 311 g/mol. The van der Waals surface area contributed by atoms with Crippen LogP contribution < -0.4 is 10.6 Å².